The molecule has 4 heteroatoms. The summed E-state index contributed by atoms with van der Waals surface area (Å²) in [5.41, 5.74) is 9.15. The van der Waals surface area contributed by atoms with Crippen molar-refractivity contribution in [2.45, 2.75) is 38.2 Å². The van der Waals surface area contributed by atoms with Gasteiger partial charge in [0.1, 0.15) is 5.82 Å². The average Bonchev–Trinajstić information content (AvgIpc) is 3.13. The van der Waals surface area contributed by atoms with Gasteiger partial charge in [-0.1, -0.05) is 0 Å². The Morgan fingerprint density at radius 3 is 2.94 bits per heavy atom. The van der Waals surface area contributed by atoms with Gasteiger partial charge >= 0.3 is 0 Å². The Hall–Kier alpha value is -1.00. The van der Waals surface area contributed by atoms with E-state index in [-0.39, 0.29) is 0 Å². The van der Waals surface area contributed by atoms with Crippen molar-refractivity contribution in [3.05, 3.63) is 22.8 Å². The van der Waals surface area contributed by atoms with E-state index in [1.54, 1.807) is 0 Å². The van der Waals surface area contributed by atoms with Gasteiger partial charge < -0.3 is 10.5 Å². The standard InChI is InChI=1S/C12H17N3O/c13-5-3-10-9-7-16-6-4-11(9)15-12(14-10)8-1-2-8/h8H,1-7,13H2. The molecule has 0 atom stereocenters. The number of fused-ring (bicyclic) bond motifs is 1. The number of nitrogens with zero attached hydrogens (tertiary/aromatic N) is 2. The second-order valence-electron chi connectivity index (χ2n) is 4.57. The van der Waals surface area contributed by atoms with Gasteiger partial charge in [0.05, 0.1) is 24.6 Å². The van der Waals surface area contributed by atoms with Gasteiger partial charge in [0, 0.05) is 24.3 Å². The molecule has 0 spiro atoms. The van der Waals surface area contributed by atoms with Gasteiger partial charge in [0.25, 0.3) is 0 Å². The second kappa shape index (κ2) is 4.11. The number of rotatable bonds is 3. The highest BCUT2D eigenvalue weighted by atomic mass is 16.5. The maximum atomic E-state index is 5.63. The van der Waals surface area contributed by atoms with E-state index in [2.05, 4.69) is 9.97 Å². The van der Waals surface area contributed by atoms with Crippen molar-refractivity contribution >= 4 is 0 Å². The molecule has 3 rings (SSSR count). The SMILES string of the molecule is NCCc1nc(C2CC2)nc2c1COCC2. The minimum Gasteiger partial charge on any atom is -0.376 e. The molecular weight excluding hydrogens is 202 g/mol. The predicted octanol–water partition coefficient (Wildman–Crippen LogP) is 0.928. The highest BCUT2D eigenvalue weighted by molar-refractivity contribution is 5.29. The minimum atomic E-state index is 0.615. The molecule has 0 bridgehead atoms. The highest BCUT2D eigenvalue weighted by Gasteiger charge is 2.29. The Morgan fingerprint density at radius 2 is 2.19 bits per heavy atom. The molecule has 2 aliphatic rings. The fourth-order valence-corrected chi connectivity index (χ4v) is 2.19. The highest BCUT2D eigenvalue weighted by Crippen LogP contribution is 2.38. The Balaban J connectivity index is 2.01. The van der Waals surface area contributed by atoms with Crippen LogP contribution in [0.15, 0.2) is 0 Å². The normalized spacial score (nSPS) is 19.6. The maximum absolute atomic E-state index is 5.63. The monoisotopic (exact) mass is 219 g/mol. The molecule has 1 aromatic heterocycles. The summed E-state index contributed by atoms with van der Waals surface area (Å²) in [6, 6.07) is 0. The predicted molar refractivity (Wildman–Crippen MR) is 60.1 cm³/mol. The van der Waals surface area contributed by atoms with Crippen LogP contribution in [0, 0.1) is 0 Å². The quantitative estimate of drug-likeness (QED) is 0.821. The zero-order valence-electron chi connectivity index (χ0n) is 9.41. The smallest absolute Gasteiger partial charge is 0.131 e. The fourth-order valence-electron chi connectivity index (χ4n) is 2.19. The molecule has 0 aromatic carbocycles. The Kier molecular flexibility index (Phi) is 2.61. The molecule has 1 fully saturated rings. The number of aromatic nitrogens is 2. The summed E-state index contributed by atoms with van der Waals surface area (Å²) in [5, 5.41) is 0. The van der Waals surface area contributed by atoms with Crippen molar-refractivity contribution in [2.24, 2.45) is 5.73 Å². The van der Waals surface area contributed by atoms with E-state index in [1.165, 1.54) is 24.1 Å². The Bertz CT molecular complexity index is 401. The van der Waals surface area contributed by atoms with Crippen LogP contribution in [-0.4, -0.2) is 23.1 Å². The first-order valence-electron chi connectivity index (χ1n) is 6.05. The van der Waals surface area contributed by atoms with E-state index in [4.69, 9.17) is 10.5 Å². The van der Waals surface area contributed by atoms with E-state index in [0.29, 0.717) is 19.1 Å². The first kappa shape index (κ1) is 10.2. The third-order valence-electron chi connectivity index (χ3n) is 3.25. The molecule has 0 saturated heterocycles. The van der Waals surface area contributed by atoms with E-state index < -0.39 is 0 Å². The molecule has 2 heterocycles. The van der Waals surface area contributed by atoms with Crippen LogP contribution < -0.4 is 5.73 Å². The topological polar surface area (TPSA) is 61.0 Å². The first-order chi connectivity index (χ1) is 7.88. The van der Waals surface area contributed by atoms with Crippen LogP contribution in [0.5, 0.6) is 0 Å². The molecule has 1 aliphatic heterocycles. The molecule has 4 nitrogen and oxygen atoms in total. The van der Waals surface area contributed by atoms with E-state index >= 15 is 0 Å². The van der Waals surface area contributed by atoms with Crippen molar-refractivity contribution in [1.29, 1.82) is 0 Å². The fraction of sp³-hybridized carbons (Fsp3) is 0.667. The Labute approximate surface area is 95.2 Å². The third kappa shape index (κ3) is 1.83. The lowest BCUT2D eigenvalue weighted by Gasteiger charge is -2.19. The summed E-state index contributed by atoms with van der Waals surface area (Å²) in [6.07, 6.45) is 4.26. The minimum absolute atomic E-state index is 0.615. The zero-order valence-corrected chi connectivity index (χ0v) is 9.41. The van der Waals surface area contributed by atoms with Crippen molar-refractivity contribution in [3.63, 3.8) is 0 Å². The van der Waals surface area contributed by atoms with Gasteiger partial charge in [-0.05, 0) is 19.4 Å². The van der Waals surface area contributed by atoms with Gasteiger partial charge in [-0.2, -0.15) is 0 Å². The Morgan fingerprint density at radius 1 is 1.31 bits per heavy atom. The van der Waals surface area contributed by atoms with Crippen LogP contribution in [-0.2, 0) is 24.2 Å². The van der Waals surface area contributed by atoms with Crippen molar-refractivity contribution in [1.82, 2.24) is 9.97 Å². The third-order valence-corrected chi connectivity index (χ3v) is 3.25. The van der Waals surface area contributed by atoms with Crippen LogP contribution in [0.2, 0.25) is 0 Å². The van der Waals surface area contributed by atoms with Crippen LogP contribution >= 0.6 is 0 Å². The number of hydrogen-bond donors (Lipinski definition) is 1. The van der Waals surface area contributed by atoms with Crippen molar-refractivity contribution in [3.8, 4) is 0 Å². The summed E-state index contributed by atoms with van der Waals surface area (Å²) < 4.78 is 5.48. The van der Waals surface area contributed by atoms with Crippen LogP contribution in [0.1, 0.15) is 41.5 Å². The molecule has 2 N–H and O–H groups in total. The number of hydrogen-bond acceptors (Lipinski definition) is 4. The zero-order chi connectivity index (χ0) is 11.0. The van der Waals surface area contributed by atoms with Gasteiger partial charge in [0.15, 0.2) is 0 Å². The number of nitrogens with two attached hydrogens (primary N) is 1. The second-order valence-corrected chi connectivity index (χ2v) is 4.57. The maximum Gasteiger partial charge on any atom is 0.131 e. The lowest BCUT2D eigenvalue weighted by atomic mass is 10.1. The lowest BCUT2D eigenvalue weighted by Crippen LogP contribution is -2.19. The molecule has 0 radical (unpaired) electrons. The van der Waals surface area contributed by atoms with Crippen LogP contribution in [0.3, 0.4) is 0 Å². The molecule has 1 aliphatic carbocycles. The summed E-state index contributed by atoms with van der Waals surface area (Å²) >= 11 is 0. The van der Waals surface area contributed by atoms with Crippen LogP contribution in [0.25, 0.3) is 0 Å². The summed E-state index contributed by atoms with van der Waals surface area (Å²) in [7, 11) is 0. The van der Waals surface area contributed by atoms with E-state index in [9.17, 15) is 0 Å². The molecule has 0 amide bonds. The van der Waals surface area contributed by atoms with E-state index in [0.717, 1.165) is 31.0 Å². The first-order valence-corrected chi connectivity index (χ1v) is 6.05. The van der Waals surface area contributed by atoms with Gasteiger partial charge in [-0.15, -0.1) is 0 Å². The average molecular weight is 219 g/mol. The number of ether oxygens (including phenoxy) is 1. The molecule has 1 aromatic rings. The summed E-state index contributed by atoms with van der Waals surface area (Å²) in [4.78, 5) is 9.35. The van der Waals surface area contributed by atoms with Crippen molar-refractivity contribution in [2.75, 3.05) is 13.2 Å². The summed E-state index contributed by atoms with van der Waals surface area (Å²) in [6.45, 7) is 2.10. The van der Waals surface area contributed by atoms with Crippen molar-refractivity contribution < 1.29 is 4.74 Å². The molecule has 86 valence electrons. The van der Waals surface area contributed by atoms with Gasteiger partial charge in [-0.3, -0.25) is 0 Å². The molecular formula is C12H17N3O. The summed E-state index contributed by atoms with van der Waals surface area (Å²) in [5.74, 6) is 1.66. The largest absolute Gasteiger partial charge is 0.376 e. The lowest BCUT2D eigenvalue weighted by molar-refractivity contribution is 0.108. The molecule has 16 heavy (non-hydrogen) atoms. The molecule has 1 saturated carbocycles. The van der Waals surface area contributed by atoms with Gasteiger partial charge in [0.2, 0.25) is 0 Å². The molecule has 0 unspecified atom stereocenters. The van der Waals surface area contributed by atoms with E-state index in [1.807, 2.05) is 0 Å². The van der Waals surface area contributed by atoms with Crippen LogP contribution in [0.4, 0.5) is 0 Å². The van der Waals surface area contributed by atoms with Gasteiger partial charge in [-0.25, -0.2) is 9.97 Å².